The van der Waals surface area contributed by atoms with Gasteiger partial charge in [0.25, 0.3) is 5.91 Å². The zero-order valence-electron chi connectivity index (χ0n) is 12.6. The summed E-state index contributed by atoms with van der Waals surface area (Å²) in [5, 5.41) is 0.503. The fraction of sp³-hybridized carbons (Fsp3) is 0.412. The predicted octanol–water partition coefficient (Wildman–Crippen LogP) is 3.16. The van der Waals surface area contributed by atoms with Crippen molar-refractivity contribution in [1.82, 2.24) is 9.88 Å². The molecular weight excluding hydrogens is 315 g/mol. The van der Waals surface area contributed by atoms with Crippen LogP contribution >= 0.6 is 11.3 Å². The summed E-state index contributed by atoms with van der Waals surface area (Å²) in [4.78, 5) is 20.2. The lowest BCUT2D eigenvalue weighted by Crippen LogP contribution is -2.32. The van der Waals surface area contributed by atoms with E-state index in [9.17, 15) is 9.18 Å². The number of hydrogen-bond acceptors (Lipinski definition) is 4. The van der Waals surface area contributed by atoms with Gasteiger partial charge in [-0.1, -0.05) is 18.2 Å². The minimum atomic E-state index is -0.266. The molecule has 0 spiro atoms. The van der Waals surface area contributed by atoms with Crippen LogP contribution in [0.4, 0.5) is 4.39 Å². The first-order valence-electron chi connectivity index (χ1n) is 7.83. The molecule has 1 aliphatic heterocycles. The molecule has 1 amide bonds. The van der Waals surface area contributed by atoms with Gasteiger partial charge in [0.2, 0.25) is 0 Å². The van der Waals surface area contributed by atoms with E-state index in [2.05, 4.69) is 4.98 Å². The molecule has 120 valence electrons. The summed E-state index contributed by atoms with van der Waals surface area (Å²) < 4.78 is 19.3. The maximum atomic E-state index is 13.9. The number of ether oxygens (including phenoxy) is 1. The van der Waals surface area contributed by atoms with Crippen LogP contribution in [0.15, 0.2) is 24.3 Å². The molecule has 0 bridgehead atoms. The van der Waals surface area contributed by atoms with E-state index in [1.807, 2.05) is 0 Å². The molecule has 4 rings (SSSR count). The van der Waals surface area contributed by atoms with Crippen LogP contribution in [0.25, 0.3) is 0 Å². The van der Waals surface area contributed by atoms with Gasteiger partial charge in [0.1, 0.15) is 5.82 Å². The highest BCUT2D eigenvalue weighted by Gasteiger charge is 2.35. The third-order valence-corrected chi connectivity index (χ3v) is 5.28. The molecule has 1 fully saturated rings. The van der Waals surface area contributed by atoms with Crippen molar-refractivity contribution in [2.45, 2.75) is 38.5 Å². The molecule has 2 aromatic rings. The van der Waals surface area contributed by atoms with Crippen molar-refractivity contribution in [1.29, 1.82) is 0 Å². The maximum Gasteiger partial charge on any atom is 0.283 e. The van der Waals surface area contributed by atoms with Gasteiger partial charge >= 0.3 is 0 Å². The van der Waals surface area contributed by atoms with Crippen molar-refractivity contribution in [3.8, 4) is 0 Å². The zero-order valence-corrected chi connectivity index (χ0v) is 13.4. The average Bonchev–Trinajstić information content (AvgIpc) is 3.31. The third kappa shape index (κ3) is 3.01. The summed E-state index contributed by atoms with van der Waals surface area (Å²) in [5.41, 5.74) is 1.53. The lowest BCUT2D eigenvalue weighted by atomic mass is 10.2. The molecule has 1 aromatic heterocycles. The number of halogens is 1. The number of amides is 1. The number of nitrogens with zero attached hydrogens (tertiary/aromatic N) is 2. The number of carbonyl (C=O) groups excluding carboxylic acids is 1. The number of fused-ring (bicyclic) bond motifs is 1. The molecule has 0 radical (unpaired) electrons. The summed E-state index contributed by atoms with van der Waals surface area (Å²) in [7, 11) is 0. The van der Waals surface area contributed by atoms with Crippen LogP contribution in [-0.2, 0) is 24.3 Å². The van der Waals surface area contributed by atoms with Crippen molar-refractivity contribution in [3.05, 3.63) is 51.2 Å². The minimum Gasteiger partial charge on any atom is -0.375 e. The van der Waals surface area contributed by atoms with E-state index in [1.165, 1.54) is 17.4 Å². The summed E-state index contributed by atoms with van der Waals surface area (Å²) in [6.07, 6.45) is 2.72. The second-order valence-electron chi connectivity index (χ2n) is 5.95. The van der Waals surface area contributed by atoms with E-state index in [4.69, 9.17) is 4.74 Å². The number of hydrogen-bond donors (Lipinski definition) is 0. The van der Waals surface area contributed by atoms with Gasteiger partial charge in [-0.25, -0.2) is 9.37 Å². The van der Waals surface area contributed by atoms with Crippen LogP contribution in [-0.4, -0.2) is 28.4 Å². The van der Waals surface area contributed by atoms with E-state index < -0.39 is 0 Å². The predicted molar refractivity (Wildman–Crippen MR) is 84.8 cm³/mol. The topological polar surface area (TPSA) is 42.4 Å². The van der Waals surface area contributed by atoms with Crippen LogP contribution in [0.5, 0.6) is 0 Å². The highest BCUT2D eigenvalue weighted by molar-refractivity contribution is 7.13. The molecule has 1 saturated carbocycles. The van der Waals surface area contributed by atoms with Crippen LogP contribution in [0.2, 0.25) is 0 Å². The Bertz CT molecular complexity index is 718. The Balaban J connectivity index is 1.59. The van der Waals surface area contributed by atoms with Gasteiger partial charge in [0.05, 0.1) is 23.8 Å². The van der Waals surface area contributed by atoms with Gasteiger partial charge in [-0.3, -0.25) is 4.79 Å². The monoisotopic (exact) mass is 332 g/mol. The van der Waals surface area contributed by atoms with E-state index in [0.29, 0.717) is 30.3 Å². The fourth-order valence-corrected chi connectivity index (χ4v) is 3.80. The van der Waals surface area contributed by atoms with Crippen LogP contribution in [0, 0.1) is 5.82 Å². The first-order chi connectivity index (χ1) is 11.2. The molecule has 0 saturated heterocycles. The zero-order chi connectivity index (χ0) is 15.8. The lowest BCUT2D eigenvalue weighted by Gasteiger charge is -2.21. The summed E-state index contributed by atoms with van der Waals surface area (Å²) in [6.45, 7) is 1.50. The van der Waals surface area contributed by atoms with Crippen molar-refractivity contribution in [3.63, 3.8) is 0 Å². The van der Waals surface area contributed by atoms with Gasteiger partial charge < -0.3 is 9.64 Å². The molecule has 2 heterocycles. The van der Waals surface area contributed by atoms with Crippen LogP contribution in [0.3, 0.4) is 0 Å². The molecular formula is C17H17FN2O2S. The molecule has 4 nitrogen and oxygen atoms in total. The molecule has 0 N–H and O–H groups in total. The highest BCUT2D eigenvalue weighted by atomic mass is 32.1. The van der Waals surface area contributed by atoms with Gasteiger partial charge in [-0.15, -0.1) is 11.3 Å². The van der Waals surface area contributed by atoms with Crippen molar-refractivity contribution in [2.24, 2.45) is 0 Å². The minimum absolute atomic E-state index is 0.0878. The van der Waals surface area contributed by atoms with Gasteiger partial charge in [-0.05, 0) is 18.9 Å². The molecule has 23 heavy (non-hydrogen) atoms. The second kappa shape index (κ2) is 6.02. The van der Waals surface area contributed by atoms with Gasteiger partial charge in [-0.2, -0.15) is 0 Å². The highest BCUT2D eigenvalue weighted by Crippen LogP contribution is 2.32. The van der Waals surface area contributed by atoms with Gasteiger partial charge in [0.15, 0.2) is 5.01 Å². The SMILES string of the molecule is O=C(c1nc2c(s1)COCC2)N(Cc1ccccc1F)C1CC1. The smallest absolute Gasteiger partial charge is 0.283 e. The Labute approximate surface area is 137 Å². The van der Waals surface area contributed by atoms with E-state index in [-0.39, 0.29) is 17.8 Å². The van der Waals surface area contributed by atoms with Crippen molar-refractivity contribution >= 4 is 17.2 Å². The van der Waals surface area contributed by atoms with E-state index >= 15 is 0 Å². The number of aromatic nitrogens is 1. The first kappa shape index (κ1) is 14.8. The number of benzene rings is 1. The molecule has 1 aromatic carbocycles. The lowest BCUT2D eigenvalue weighted by molar-refractivity contribution is 0.0727. The Morgan fingerprint density at radius 1 is 1.39 bits per heavy atom. The molecule has 6 heteroatoms. The summed E-state index contributed by atoms with van der Waals surface area (Å²) >= 11 is 1.41. The Morgan fingerprint density at radius 2 is 2.22 bits per heavy atom. The van der Waals surface area contributed by atoms with Gasteiger partial charge in [0, 0.05) is 24.6 Å². The normalized spacial score (nSPS) is 16.9. The standard InChI is InChI=1S/C17H17FN2O2S/c18-13-4-2-1-3-11(13)9-20(12-5-6-12)17(21)16-19-14-7-8-22-10-15(14)23-16/h1-4,12H,5-10H2. The average molecular weight is 332 g/mol. The fourth-order valence-electron chi connectivity index (χ4n) is 2.80. The Hall–Kier alpha value is -1.79. The maximum absolute atomic E-state index is 13.9. The summed E-state index contributed by atoms with van der Waals surface area (Å²) in [5.74, 6) is -0.354. The quantitative estimate of drug-likeness (QED) is 0.864. The van der Waals surface area contributed by atoms with Crippen LogP contribution in [0.1, 0.15) is 38.8 Å². The van der Waals surface area contributed by atoms with E-state index in [1.54, 1.807) is 23.1 Å². The number of rotatable bonds is 4. The van der Waals surface area contributed by atoms with Crippen molar-refractivity contribution in [2.75, 3.05) is 6.61 Å². The summed E-state index contributed by atoms with van der Waals surface area (Å²) in [6, 6.07) is 6.84. The largest absolute Gasteiger partial charge is 0.375 e. The van der Waals surface area contributed by atoms with Crippen LogP contribution < -0.4 is 0 Å². The Kier molecular flexibility index (Phi) is 3.87. The van der Waals surface area contributed by atoms with E-state index in [0.717, 1.165) is 29.8 Å². The molecule has 1 aliphatic carbocycles. The number of carbonyl (C=O) groups is 1. The Morgan fingerprint density at radius 3 is 2.96 bits per heavy atom. The molecule has 0 atom stereocenters. The molecule has 0 unspecified atom stereocenters. The molecule has 2 aliphatic rings. The third-order valence-electron chi connectivity index (χ3n) is 4.22. The second-order valence-corrected chi connectivity index (χ2v) is 7.03. The number of thiazole rings is 1. The first-order valence-corrected chi connectivity index (χ1v) is 8.64. The van der Waals surface area contributed by atoms with Crippen molar-refractivity contribution < 1.29 is 13.9 Å².